The van der Waals surface area contributed by atoms with Crippen LogP contribution >= 0.6 is 0 Å². The first-order chi connectivity index (χ1) is 5.70. The Morgan fingerprint density at radius 2 is 2.08 bits per heavy atom. The Labute approximate surface area is 70.2 Å². The van der Waals surface area contributed by atoms with Crippen LogP contribution in [-0.4, -0.2) is 5.78 Å². The van der Waals surface area contributed by atoms with Gasteiger partial charge in [-0.3, -0.25) is 4.79 Å². The van der Waals surface area contributed by atoms with Crippen molar-refractivity contribution in [1.82, 2.24) is 0 Å². The van der Waals surface area contributed by atoms with Crippen LogP contribution in [0.5, 0.6) is 0 Å². The lowest BCUT2D eigenvalue weighted by Gasteiger charge is -2.01. The third kappa shape index (κ3) is 0.876. The minimum Gasteiger partial charge on any atom is -0.294 e. The Morgan fingerprint density at radius 3 is 2.83 bits per heavy atom. The fourth-order valence-electron chi connectivity index (χ4n) is 1.60. The molecule has 0 N–H and O–H groups in total. The largest absolute Gasteiger partial charge is 0.294 e. The summed E-state index contributed by atoms with van der Waals surface area (Å²) in [6.07, 6.45) is 1.17. The van der Waals surface area contributed by atoms with E-state index in [0.717, 1.165) is 5.56 Å². The van der Waals surface area contributed by atoms with Crippen molar-refractivity contribution in [2.24, 2.45) is 0 Å². The number of carbonyl (C=O) groups excluding carboxylic acids is 1. The normalized spacial score (nSPS) is 15.0. The molecule has 0 fully saturated rings. The first kappa shape index (κ1) is 7.47. The number of ketones is 1. The zero-order chi connectivity index (χ0) is 8.72. The number of carbonyl (C=O) groups is 1. The fraction of sp³-hybridized carbons (Fsp3) is 0.300. The molecule has 0 radical (unpaired) electrons. The summed E-state index contributed by atoms with van der Waals surface area (Å²) in [6, 6.07) is 3.57. The third-order valence-corrected chi connectivity index (χ3v) is 2.32. The summed E-state index contributed by atoms with van der Waals surface area (Å²) in [5.74, 6) is -0.374. The van der Waals surface area contributed by atoms with E-state index in [1.165, 1.54) is 0 Å². The van der Waals surface area contributed by atoms with E-state index in [2.05, 4.69) is 0 Å². The molecule has 62 valence electrons. The van der Waals surface area contributed by atoms with Gasteiger partial charge >= 0.3 is 0 Å². The smallest absolute Gasteiger partial charge is 0.166 e. The van der Waals surface area contributed by atoms with Crippen molar-refractivity contribution in [2.45, 2.75) is 19.8 Å². The summed E-state index contributed by atoms with van der Waals surface area (Å²) in [5.41, 5.74) is 1.75. The van der Waals surface area contributed by atoms with Crippen molar-refractivity contribution in [3.8, 4) is 0 Å². The molecular weight excluding hydrogens is 155 g/mol. The molecule has 0 saturated heterocycles. The van der Waals surface area contributed by atoms with E-state index in [1.807, 2.05) is 6.07 Å². The van der Waals surface area contributed by atoms with Gasteiger partial charge in [0.05, 0.1) is 5.56 Å². The first-order valence-electron chi connectivity index (χ1n) is 4.01. The minimum atomic E-state index is -0.324. The second kappa shape index (κ2) is 2.41. The molecule has 1 aromatic carbocycles. The van der Waals surface area contributed by atoms with Crippen molar-refractivity contribution in [3.63, 3.8) is 0 Å². The standard InChI is InChI=1S/C10H9FO/c1-6-2-3-7-4-5-8(12)9(7)10(6)11/h2-3H,4-5H2,1H3. The van der Waals surface area contributed by atoms with Crippen LogP contribution in [0.15, 0.2) is 12.1 Å². The van der Waals surface area contributed by atoms with E-state index in [0.29, 0.717) is 24.0 Å². The van der Waals surface area contributed by atoms with Gasteiger partial charge in [-0.15, -0.1) is 0 Å². The second-order valence-corrected chi connectivity index (χ2v) is 3.15. The average molecular weight is 164 g/mol. The van der Waals surface area contributed by atoms with E-state index in [-0.39, 0.29) is 11.6 Å². The molecule has 0 amide bonds. The highest BCUT2D eigenvalue weighted by atomic mass is 19.1. The molecule has 1 aliphatic carbocycles. The van der Waals surface area contributed by atoms with E-state index in [4.69, 9.17) is 0 Å². The van der Waals surface area contributed by atoms with Crippen LogP contribution in [-0.2, 0) is 6.42 Å². The van der Waals surface area contributed by atoms with Gasteiger partial charge in [-0.05, 0) is 24.5 Å². The van der Waals surface area contributed by atoms with Gasteiger partial charge < -0.3 is 0 Å². The average Bonchev–Trinajstić information content (AvgIpc) is 2.41. The lowest BCUT2D eigenvalue weighted by molar-refractivity contribution is 0.0991. The minimum absolute atomic E-state index is 0.0498. The second-order valence-electron chi connectivity index (χ2n) is 3.15. The molecule has 0 atom stereocenters. The van der Waals surface area contributed by atoms with Gasteiger partial charge in [-0.1, -0.05) is 12.1 Å². The van der Waals surface area contributed by atoms with Crippen molar-refractivity contribution in [2.75, 3.05) is 0 Å². The molecule has 1 aromatic rings. The topological polar surface area (TPSA) is 17.1 Å². The highest BCUT2D eigenvalue weighted by Crippen LogP contribution is 2.26. The number of hydrogen-bond donors (Lipinski definition) is 0. The summed E-state index contributed by atoms with van der Waals surface area (Å²) in [7, 11) is 0. The Balaban J connectivity index is 2.71. The summed E-state index contributed by atoms with van der Waals surface area (Å²) >= 11 is 0. The van der Waals surface area contributed by atoms with Gasteiger partial charge in [0, 0.05) is 6.42 Å². The van der Waals surface area contributed by atoms with Crippen molar-refractivity contribution >= 4 is 5.78 Å². The Hall–Kier alpha value is -1.18. The third-order valence-electron chi connectivity index (χ3n) is 2.32. The van der Waals surface area contributed by atoms with Crippen LogP contribution in [0.4, 0.5) is 4.39 Å². The molecule has 0 aromatic heterocycles. The quantitative estimate of drug-likeness (QED) is 0.574. The van der Waals surface area contributed by atoms with E-state index in [1.54, 1.807) is 13.0 Å². The number of benzene rings is 1. The molecular formula is C10H9FO. The maximum absolute atomic E-state index is 13.3. The zero-order valence-electron chi connectivity index (χ0n) is 6.86. The number of rotatable bonds is 0. The lowest BCUT2D eigenvalue weighted by Crippen LogP contribution is -1.98. The van der Waals surface area contributed by atoms with Crippen LogP contribution in [0.25, 0.3) is 0 Å². The predicted octanol–water partition coefficient (Wildman–Crippen LogP) is 2.26. The summed E-state index contributed by atoms with van der Waals surface area (Å²) < 4.78 is 13.3. The molecule has 0 aliphatic heterocycles. The number of Topliss-reactive ketones (excluding diaryl/α,β-unsaturated/α-hetero) is 1. The highest BCUT2D eigenvalue weighted by molar-refractivity contribution is 6.00. The van der Waals surface area contributed by atoms with E-state index in [9.17, 15) is 9.18 Å². The van der Waals surface area contributed by atoms with Crippen LogP contribution in [0.2, 0.25) is 0 Å². The molecule has 0 saturated carbocycles. The molecule has 0 heterocycles. The van der Waals surface area contributed by atoms with Crippen molar-refractivity contribution in [1.29, 1.82) is 0 Å². The molecule has 0 spiro atoms. The molecule has 2 rings (SSSR count). The Kier molecular flexibility index (Phi) is 1.50. The molecule has 1 aliphatic rings. The molecule has 0 unspecified atom stereocenters. The van der Waals surface area contributed by atoms with Crippen LogP contribution in [0, 0.1) is 12.7 Å². The molecule has 2 heteroatoms. The van der Waals surface area contributed by atoms with E-state index >= 15 is 0 Å². The fourth-order valence-corrected chi connectivity index (χ4v) is 1.60. The number of aryl methyl sites for hydroxylation is 2. The van der Waals surface area contributed by atoms with Gasteiger partial charge in [0.15, 0.2) is 5.78 Å². The van der Waals surface area contributed by atoms with Crippen molar-refractivity contribution < 1.29 is 9.18 Å². The van der Waals surface area contributed by atoms with Crippen LogP contribution in [0.1, 0.15) is 27.9 Å². The van der Waals surface area contributed by atoms with Gasteiger partial charge in [-0.2, -0.15) is 0 Å². The monoisotopic (exact) mass is 164 g/mol. The maximum Gasteiger partial charge on any atom is 0.166 e. The summed E-state index contributed by atoms with van der Waals surface area (Å²) in [4.78, 5) is 11.2. The Bertz CT molecular complexity index is 355. The SMILES string of the molecule is Cc1ccc2c(c1F)C(=O)CC2. The number of hydrogen-bond acceptors (Lipinski definition) is 1. The summed E-state index contributed by atoms with van der Waals surface area (Å²) in [5, 5.41) is 0. The number of fused-ring (bicyclic) bond motifs is 1. The van der Waals surface area contributed by atoms with E-state index < -0.39 is 0 Å². The van der Waals surface area contributed by atoms with Crippen LogP contribution < -0.4 is 0 Å². The zero-order valence-corrected chi connectivity index (χ0v) is 6.86. The molecule has 0 bridgehead atoms. The van der Waals surface area contributed by atoms with Crippen LogP contribution in [0.3, 0.4) is 0 Å². The Morgan fingerprint density at radius 1 is 1.33 bits per heavy atom. The highest BCUT2D eigenvalue weighted by Gasteiger charge is 2.23. The molecule has 12 heavy (non-hydrogen) atoms. The van der Waals surface area contributed by atoms with Gasteiger partial charge in [0.1, 0.15) is 5.82 Å². The predicted molar refractivity (Wildman–Crippen MR) is 43.8 cm³/mol. The van der Waals surface area contributed by atoms with Gasteiger partial charge in [0.2, 0.25) is 0 Å². The summed E-state index contributed by atoms with van der Waals surface area (Å²) in [6.45, 7) is 1.68. The first-order valence-corrected chi connectivity index (χ1v) is 4.01. The van der Waals surface area contributed by atoms with Crippen molar-refractivity contribution in [3.05, 3.63) is 34.6 Å². The van der Waals surface area contributed by atoms with Gasteiger partial charge in [0.25, 0.3) is 0 Å². The molecule has 1 nitrogen and oxygen atoms in total. The maximum atomic E-state index is 13.3. The lowest BCUT2D eigenvalue weighted by atomic mass is 10.1. The number of halogens is 1. The van der Waals surface area contributed by atoms with Gasteiger partial charge in [-0.25, -0.2) is 4.39 Å².